The summed E-state index contributed by atoms with van der Waals surface area (Å²) in [7, 11) is 3.15. The normalized spacial score (nSPS) is 16.3. The van der Waals surface area contributed by atoms with Crippen molar-refractivity contribution in [3.63, 3.8) is 0 Å². The summed E-state index contributed by atoms with van der Waals surface area (Å²) in [6.07, 6.45) is 0.953. The largest absolute Gasteiger partial charge is 0.493 e. The molecule has 0 bridgehead atoms. The van der Waals surface area contributed by atoms with Crippen LogP contribution in [0.5, 0.6) is 11.5 Å². The Hall–Kier alpha value is -2.32. The van der Waals surface area contributed by atoms with E-state index in [-0.39, 0.29) is 6.61 Å². The minimum absolute atomic E-state index is 0.176. The lowest BCUT2D eigenvalue weighted by molar-refractivity contribution is -0.140. The van der Waals surface area contributed by atoms with Crippen molar-refractivity contribution in [2.75, 3.05) is 34.0 Å². The smallest absolute Gasteiger partial charge is 0.338 e. The van der Waals surface area contributed by atoms with Crippen molar-refractivity contribution in [2.45, 2.75) is 33.2 Å². The zero-order chi connectivity index (χ0) is 21.4. The summed E-state index contributed by atoms with van der Waals surface area (Å²) in [5, 5.41) is 6.58. The van der Waals surface area contributed by atoms with Crippen molar-refractivity contribution in [2.24, 2.45) is 5.92 Å². The van der Waals surface area contributed by atoms with Crippen LogP contribution in [-0.4, -0.2) is 45.1 Å². The van der Waals surface area contributed by atoms with Crippen molar-refractivity contribution in [3.05, 3.63) is 35.0 Å². The summed E-state index contributed by atoms with van der Waals surface area (Å²) in [4.78, 5) is 12.7. The van der Waals surface area contributed by atoms with Crippen LogP contribution >= 0.6 is 12.2 Å². The Balaban J connectivity index is 2.27. The van der Waals surface area contributed by atoms with Crippen molar-refractivity contribution in [3.8, 4) is 11.5 Å². The van der Waals surface area contributed by atoms with Crippen LogP contribution in [0.3, 0.4) is 0 Å². The summed E-state index contributed by atoms with van der Waals surface area (Å²) in [6.45, 7) is 7.22. The molecule has 0 aliphatic carbocycles. The highest BCUT2D eigenvalue weighted by molar-refractivity contribution is 7.80. The number of rotatable bonds is 10. The molecule has 1 atom stereocenters. The van der Waals surface area contributed by atoms with Gasteiger partial charge in [-0.1, -0.05) is 19.9 Å². The lowest BCUT2D eigenvalue weighted by atomic mass is 9.95. The van der Waals surface area contributed by atoms with Crippen LogP contribution in [0.25, 0.3) is 0 Å². The van der Waals surface area contributed by atoms with Gasteiger partial charge in [0.05, 0.1) is 31.9 Å². The fourth-order valence-corrected chi connectivity index (χ4v) is 3.17. The third-order valence-electron chi connectivity index (χ3n) is 4.48. The maximum Gasteiger partial charge on any atom is 0.338 e. The van der Waals surface area contributed by atoms with E-state index in [1.165, 1.54) is 0 Å². The number of carbonyl (C=O) groups excluding carboxylic acids is 1. The molecule has 0 aromatic heterocycles. The average molecular weight is 423 g/mol. The molecule has 1 aromatic carbocycles. The molecular formula is C21H30N2O5S. The molecule has 1 heterocycles. The van der Waals surface area contributed by atoms with Gasteiger partial charge in [0.2, 0.25) is 0 Å². The van der Waals surface area contributed by atoms with Gasteiger partial charge in [-0.15, -0.1) is 0 Å². The maximum absolute atomic E-state index is 12.7. The lowest BCUT2D eigenvalue weighted by Crippen LogP contribution is -2.45. The summed E-state index contributed by atoms with van der Waals surface area (Å²) in [5.41, 5.74) is 1.93. The van der Waals surface area contributed by atoms with Gasteiger partial charge in [0.15, 0.2) is 16.6 Å². The lowest BCUT2D eigenvalue weighted by Gasteiger charge is -2.30. The van der Waals surface area contributed by atoms with Crippen LogP contribution in [-0.2, 0) is 14.3 Å². The molecule has 0 saturated carbocycles. The van der Waals surface area contributed by atoms with E-state index in [0.717, 1.165) is 12.0 Å². The second-order valence-electron chi connectivity index (χ2n) is 7.14. The highest BCUT2D eigenvalue weighted by Gasteiger charge is 2.31. The number of methoxy groups -OCH3 is 2. The number of allylic oxidation sites excluding steroid dienone is 1. The Kier molecular flexibility index (Phi) is 8.72. The van der Waals surface area contributed by atoms with Gasteiger partial charge in [0, 0.05) is 12.8 Å². The second kappa shape index (κ2) is 11.0. The minimum Gasteiger partial charge on any atom is -0.493 e. The Morgan fingerprint density at radius 3 is 2.59 bits per heavy atom. The summed E-state index contributed by atoms with van der Waals surface area (Å²) >= 11 is 5.29. The number of hydrogen-bond acceptors (Lipinski definition) is 6. The monoisotopic (exact) mass is 422 g/mol. The van der Waals surface area contributed by atoms with Gasteiger partial charge in [-0.2, -0.15) is 0 Å². The van der Waals surface area contributed by atoms with Gasteiger partial charge in [-0.3, -0.25) is 0 Å². The zero-order valence-corrected chi connectivity index (χ0v) is 18.5. The number of thiocarbonyl (C=S) groups is 1. The van der Waals surface area contributed by atoms with Gasteiger partial charge in [0.1, 0.15) is 6.61 Å². The Morgan fingerprint density at radius 2 is 1.93 bits per heavy atom. The van der Waals surface area contributed by atoms with E-state index in [0.29, 0.717) is 47.0 Å². The second-order valence-corrected chi connectivity index (χ2v) is 7.55. The van der Waals surface area contributed by atoms with Crippen molar-refractivity contribution < 1.29 is 23.7 Å². The van der Waals surface area contributed by atoms with E-state index >= 15 is 0 Å². The number of nitrogens with one attached hydrogen (secondary N) is 2. The molecule has 0 radical (unpaired) electrons. The third-order valence-corrected chi connectivity index (χ3v) is 4.70. The molecule has 2 N–H and O–H groups in total. The number of hydrogen-bond donors (Lipinski definition) is 2. The molecule has 2 rings (SSSR count). The highest BCUT2D eigenvalue weighted by atomic mass is 32.1. The SMILES string of the molecule is COCCOC(=O)C1=C(C)NC(=S)N[C@H]1c1ccc(OCCC(C)C)c(OC)c1. The Labute approximate surface area is 177 Å². The molecular weight excluding hydrogens is 392 g/mol. The fraction of sp³-hybridized carbons (Fsp3) is 0.524. The molecule has 0 unspecified atom stereocenters. The molecule has 160 valence electrons. The van der Waals surface area contributed by atoms with E-state index in [2.05, 4.69) is 24.5 Å². The Morgan fingerprint density at radius 1 is 1.17 bits per heavy atom. The first-order valence-electron chi connectivity index (χ1n) is 9.62. The van der Waals surface area contributed by atoms with Gasteiger partial charge in [-0.05, 0) is 49.2 Å². The van der Waals surface area contributed by atoms with Crippen molar-refractivity contribution >= 4 is 23.3 Å². The van der Waals surface area contributed by atoms with Gasteiger partial charge in [0.25, 0.3) is 0 Å². The molecule has 0 saturated heterocycles. The molecule has 0 spiro atoms. The van der Waals surface area contributed by atoms with Crippen molar-refractivity contribution in [1.82, 2.24) is 10.6 Å². The number of esters is 1. The maximum atomic E-state index is 12.7. The van der Waals surface area contributed by atoms with E-state index in [1.807, 2.05) is 18.2 Å². The predicted octanol–water partition coefficient (Wildman–Crippen LogP) is 3.10. The van der Waals surface area contributed by atoms with E-state index in [1.54, 1.807) is 21.1 Å². The average Bonchev–Trinajstić information content (AvgIpc) is 2.67. The number of carbonyl (C=O) groups is 1. The summed E-state index contributed by atoms with van der Waals surface area (Å²) < 4.78 is 21.7. The van der Waals surface area contributed by atoms with E-state index < -0.39 is 12.0 Å². The van der Waals surface area contributed by atoms with E-state index in [4.69, 9.17) is 31.2 Å². The van der Waals surface area contributed by atoms with Gasteiger partial charge in [-0.25, -0.2) is 4.79 Å². The zero-order valence-electron chi connectivity index (χ0n) is 17.7. The fourth-order valence-electron chi connectivity index (χ4n) is 2.90. The molecule has 7 nitrogen and oxygen atoms in total. The number of ether oxygens (including phenoxy) is 4. The third kappa shape index (κ3) is 6.33. The van der Waals surface area contributed by atoms with Gasteiger partial charge >= 0.3 is 5.97 Å². The molecule has 29 heavy (non-hydrogen) atoms. The Bertz CT molecular complexity index is 763. The molecule has 1 aliphatic heterocycles. The summed E-state index contributed by atoms with van der Waals surface area (Å²) in [5.74, 6) is 1.39. The van der Waals surface area contributed by atoms with E-state index in [9.17, 15) is 4.79 Å². The first-order valence-corrected chi connectivity index (χ1v) is 10.0. The van der Waals surface area contributed by atoms with Crippen LogP contribution in [0.15, 0.2) is 29.5 Å². The number of benzene rings is 1. The molecule has 0 amide bonds. The van der Waals surface area contributed by atoms with Crippen LogP contribution in [0.1, 0.15) is 38.8 Å². The standard InChI is InChI=1S/C21H30N2O5S/c1-13(2)8-9-27-16-7-6-15(12-17(16)26-5)19-18(14(3)22-21(29)23-19)20(24)28-11-10-25-4/h6-7,12-13,19H,8-11H2,1-5H3,(H2,22,23,29)/t19-/m0/s1. The molecule has 1 aliphatic rings. The van der Waals surface area contributed by atoms with Gasteiger partial charge < -0.3 is 29.6 Å². The minimum atomic E-state index is -0.461. The topological polar surface area (TPSA) is 78.1 Å². The van der Waals surface area contributed by atoms with Crippen LogP contribution in [0.4, 0.5) is 0 Å². The first-order chi connectivity index (χ1) is 13.9. The van der Waals surface area contributed by atoms with Crippen LogP contribution < -0.4 is 20.1 Å². The molecule has 0 fully saturated rings. The predicted molar refractivity (Wildman–Crippen MR) is 115 cm³/mol. The highest BCUT2D eigenvalue weighted by Crippen LogP contribution is 2.34. The van der Waals surface area contributed by atoms with Crippen LogP contribution in [0.2, 0.25) is 0 Å². The van der Waals surface area contributed by atoms with Crippen LogP contribution in [0, 0.1) is 5.92 Å². The quantitative estimate of drug-likeness (QED) is 0.338. The molecule has 1 aromatic rings. The summed E-state index contributed by atoms with van der Waals surface area (Å²) in [6, 6.07) is 5.14. The molecule has 8 heteroatoms. The first kappa shape index (κ1) is 23.0. The van der Waals surface area contributed by atoms with Crippen molar-refractivity contribution in [1.29, 1.82) is 0 Å².